The first kappa shape index (κ1) is 15.4. The molecule has 0 aliphatic carbocycles. The zero-order valence-electron chi connectivity index (χ0n) is 10.5. The second-order valence-corrected chi connectivity index (χ2v) is 5.77. The number of hydrogen-bond donors (Lipinski definition) is 1. The Hall–Kier alpha value is -0.610. The molecule has 0 aromatic heterocycles. The average Bonchev–Trinajstić information content (AvgIpc) is 2.23. The van der Waals surface area contributed by atoms with Gasteiger partial charge in [-0.1, -0.05) is 44.6 Å². The lowest BCUT2D eigenvalue weighted by molar-refractivity contribution is 0.559. The first-order valence-electron chi connectivity index (χ1n) is 5.76. The Balaban J connectivity index is 4.54. The molecule has 0 heterocycles. The van der Waals surface area contributed by atoms with Crippen LogP contribution in [0.4, 0.5) is 0 Å². The molecule has 0 aromatic carbocycles. The van der Waals surface area contributed by atoms with E-state index in [4.69, 9.17) is 0 Å². The molecule has 16 heavy (non-hydrogen) atoms. The summed E-state index contributed by atoms with van der Waals surface area (Å²) >= 11 is 0. The van der Waals surface area contributed by atoms with Crippen LogP contribution in [0.1, 0.15) is 40.0 Å². The first-order chi connectivity index (χ1) is 7.46. The summed E-state index contributed by atoms with van der Waals surface area (Å²) in [5.74, 6) is 0.210. The molecule has 0 radical (unpaired) electrons. The second kappa shape index (κ2) is 7.63. The molecule has 0 aliphatic rings. The van der Waals surface area contributed by atoms with Crippen molar-refractivity contribution in [2.24, 2.45) is 0 Å². The summed E-state index contributed by atoms with van der Waals surface area (Å²) in [5.41, 5.74) is 0.998. The van der Waals surface area contributed by atoms with Gasteiger partial charge in [0.2, 0.25) is 10.0 Å². The van der Waals surface area contributed by atoms with E-state index >= 15 is 0 Å². The molecule has 0 rings (SSSR count). The molecule has 94 valence electrons. The minimum Gasteiger partial charge on any atom is -0.212 e. The van der Waals surface area contributed by atoms with Gasteiger partial charge in [-0.05, 0) is 19.8 Å². The highest BCUT2D eigenvalue weighted by molar-refractivity contribution is 7.89. The maximum Gasteiger partial charge on any atom is 0.212 e. The van der Waals surface area contributed by atoms with E-state index in [1.54, 1.807) is 6.08 Å². The Morgan fingerprint density at radius 1 is 1.44 bits per heavy atom. The Bertz CT molecular complexity index is 331. The molecule has 0 aromatic rings. The smallest absolute Gasteiger partial charge is 0.212 e. The van der Waals surface area contributed by atoms with Crippen LogP contribution in [0.3, 0.4) is 0 Å². The van der Waals surface area contributed by atoms with Crippen molar-refractivity contribution < 1.29 is 8.42 Å². The Kier molecular flexibility index (Phi) is 7.34. The summed E-state index contributed by atoms with van der Waals surface area (Å²) in [4.78, 5) is 0. The molecule has 0 saturated heterocycles. The van der Waals surface area contributed by atoms with E-state index in [1.807, 2.05) is 26.8 Å². The first-order valence-corrected chi connectivity index (χ1v) is 7.41. The fourth-order valence-corrected chi connectivity index (χ4v) is 2.98. The Morgan fingerprint density at radius 2 is 2.06 bits per heavy atom. The highest BCUT2D eigenvalue weighted by atomic mass is 32.2. The third-order valence-corrected chi connectivity index (χ3v) is 3.90. The van der Waals surface area contributed by atoms with Gasteiger partial charge in [-0.15, -0.1) is 0 Å². The molecule has 0 saturated carbocycles. The number of rotatable bonds is 8. The van der Waals surface area contributed by atoms with Gasteiger partial charge in [0.25, 0.3) is 0 Å². The lowest BCUT2D eigenvalue weighted by Gasteiger charge is -2.17. The summed E-state index contributed by atoms with van der Waals surface area (Å²) in [5, 5.41) is 0. The predicted octanol–water partition coefficient (Wildman–Crippen LogP) is 2.62. The quantitative estimate of drug-likeness (QED) is 0.668. The summed E-state index contributed by atoms with van der Waals surface area (Å²) in [6, 6.07) is -0.111. The van der Waals surface area contributed by atoms with Crippen molar-refractivity contribution in [3.8, 4) is 0 Å². The number of allylic oxidation sites excluding steroid dienone is 2. The minimum atomic E-state index is -3.14. The Labute approximate surface area is 99.7 Å². The zero-order valence-corrected chi connectivity index (χ0v) is 11.3. The van der Waals surface area contributed by atoms with E-state index in [2.05, 4.69) is 11.3 Å². The van der Waals surface area contributed by atoms with Gasteiger partial charge in [-0.2, -0.15) is 0 Å². The average molecular weight is 245 g/mol. The van der Waals surface area contributed by atoms with E-state index < -0.39 is 10.0 Å². The molecule has 1 N–H and O–H groups in total. The van der Waals surface area contributed by atoms with Crippen LogP contribution in [0.15, 0.2) is 24.3 Å². The van der Waals surface area contributed by atoms with Gasteiger partial charge in [0, 0.05) is 6.04 Å². The lowest BCUT2D eigenvalue weighted by atomic mass is 10.1. The zero-order chi connectivity index (χ0) is 12.6. The molecule has 3 nitrogen and oxygen atoms in total. The van der Waals surface area contributed by atoms with E-state index in [9.17, 15) is 8.42 Å². The van der Waals surface area contributed by atoms with Crippen LogP contribution in [0.5, 0.6) is 0 Å². The third-order valence-electron chi connectivity index (χ3n) is 2.43. The fourth-order valence-electron chi connectivity index (χ4n) is 1.41. The van der Waals surface area contributed by atoms with Gasteiger partial charge >= 0.3 is 0 Å². The second-order valence-electron chi connectivity index (χ2n) is 3.90. The molecule has 0 amide bonds. The van der Waals surface area contributed by atoms with Crippen LogP contribution in [0, 0.1) is 0 Å². The summed E-state index contributed by atoms with van der Waals surface area (Å²) in [6.45, 7) is 9.47. The normalized spacial score (nSPS) is 14.8. The van der Waals surface area contributed by atoms with Gasteiger partial charge in [-0.25, -0.2) is 13.1 Å². The van der Waals surface area contributed by atoms with Crippen LogP contribution < -0.4 is 4.72 Å². The van der Waals surface area contributed by atoms with Crippen molar-refractivity contribution in [3.63, 3.8) is 0 Å². The monoisotopic (exact) mass is 245 g/mol. The van der Waals surface area contributed by atoms with E-state index in [0.29, 0.717) is 6.42 Å². The molecule has 0 fully saturated rings. The molecule has 1 atom stereocenters. The standard InChI is InChI=1S/C12H23NO2S/c1-5-8-10-16(14,15)13-12(7-3)11(4)9-6-2/h6,9,12-13H,2,5,7-8,10H2,1,3-4H3. The van der Waals surface area contributed by atoms with Gasteiger partial charge in [0.05, 0.1) is 5.75 Å². The van der Waals surface area contributed by atoms with Gasteiger partial charge in [0.1, 0.15) is 0 Å². The SMILES string of the molecule is C=CC=C(C)C(CC)NS(=O)(=O)CCCC. The minimum absolute atomic E-state index is 0.111. The summed E-state index contributed by atoms with van der Waals surface area (Å²) < 4.78 is 26.1. The summed E-state index contributed by atoms with van der Waals surface area (Å²) in [6.07, 6.45) is 5.87. The topological polar surface area (TPSA) is 46.2 Å². The molecule has 0 aliphatic heterocycles. The molecule has 0 spiro atoms. The molecule has 4 heteroatoms. The van der Waals surface area contributed by atoms with Gasteiger partial charge in [-0.3, -0.25) is 0 Å². The van der Waals surface area contributed by atoms with E-state index in [-0.39, 0.29) is 11.8 Å². The van der Waals surface area contributed by atoms with Crippen molar-refractivity contribution in [2.45, 2.75) is 46.1 Å². The fraction of sp³-hybridized carbons (Fsp3) is 0.667. The lowest BCUT2D eigenvalue weighted by Crippen LogP contribution is -2.36. The van der Waals surface area contributed by atoms with Gasteiger partial charge < -0.3 is 0 Å². The highest BCUT2D eigenvalue weighted by Crippen LogP contribution is 2.08. The van der Waals surface area contributed by atoms with Crippen molar-refractivity contribution in [2.75, 3.05) is 5.75 Å². The third kappa shape index (κ3) is 6.08. The van der Waals surface area contributed by atoms with Crippen LogP contribution in [-0.2, 0) is 10.0 Å². The van der Waals surface area contributed by atoms with Crippen LogP contribution in [0.25, 0.3) is 0 Å². The van der Waals surface area contributed by atoms with Crippen molar-refractivity contribution in [1.29, 1.82) is 0 Å². The highest BCUT2D eigenvalue weighted by Gasteiger charge is 2.16. The maximum atomic E-state index is 11.7. The molecule has 0 bridgehead atoms. The maximum absolute atomic E-state index is 11.7. The van der Waals surface area contributed by atoms with E-state index in [0.717, 1.165) is 18.4 Å². The largest absolute Gasteiger partial charge is 0.212 e. The molecular weight excluding hydrogens is 222 g/mol. The predicted molar refractivity (Wildman–Crippen MR) is 69.9 cm³/mol. The number of nitrogens with one attached hydrogen (secondary N) is 1. The Morgan fingerprint density at radius 3 is 2.50 bits per heavy atom. The molecular formula is C12H23NO2S. The van der Waals surface area contributed by atoms with Crippen LogP contribution >= 0.6 is 0 Å². The summed E-state index contributed by atoms with van der Waals surface area (Å²) in [7, 11) is -3.14. The molecule has 1 unspecified atom stereocenters. The van der Waals surface area contributed by atoms with Gasteiger partial charge in [0.15, 0.2) is 0 Å². The number of unbranched alkanes of at least 4 members (excludes halogenated alkanes) is 1. The van der Waals surface area contributed by atoms with Crippen molar-refractivity contribution in [3.05, 3.63) is 24.3 Å². The van der Waals surface area contributed by atoms with Crippen molar-refractivity contribution in [1.82, 2.24) is 4.72 Å². The van der Waals surface area contributed by atoms with Crippen LogP contribution in [0.2, 0.25) is 0 Å². The van der Waals surface area contributed by atoms with Crippen molar-refractivity contribution >= 4 is 10.0 Å². The number of hydrogen-bond acceptors (Lipinski definition) is 2. The number of sulfonamides is 1. The van der Waals surface area contributed by atoms with Crippen LogP contribution in [-0.4, -0.2) is 20.2 Å². The van der Waals surface area contributed by atoms with E-state index in [1.165, 1.54) is 0 Å².